The zero-order chi connectivity index (χ0) is 10.7. The van der Waals surface area contributed by atoms with Gasteiger partial charge < -0.3 is 5.73 Å². The van der Waals surface area contributed by atoms with Crippen LogP contribution in [0.5, 0.6) is 0 Å². The first-order valence-corrected chi connectivity index (χ1v) is 6.60. The maximum absolute atomic E-state index is 5.47. The lowest BCUT2D eigenvalue weighted by Crippen LogP contribution is -2.22. The highest BCUT2D eigenvalue weighted by Gasteiger charge is 2.34. The highest BCUT2D eigenvalue weighted by atomic mass is 32.2. The van der Waals surface area contributed by atoms with E-state index in [-0.39, 0.29) is 5.41 Å². The summed E-state index contributed by atoms with van der Waals surface area (Å²) in [4.78, 5) is 4.57. The molecular weight excluding hydrogens is 208 g/mol. The summed E-state index contributed by atoms with van der Waals surface area (Å²) < 4.78 is 0. The van der Waals surface area contributed by atoms with Gasteiger partial charge in [-0.05, 0) is 25.1 Å². The molecule has 0 radical (unpaired) electrons. The maximum atomic E-state index is 5.47. The van der Waals surface area contributed by atoms with Crippen molar-refractivity contribution in [1.82, 2.24) is 15.2 Å². The topological polar surface area (TPSA) is 67.6 Å². The molecule has 1 aliphatic heterocycles. The van der Waals surface area contributed by atoms with E-state index in [4.69, 9.17) is 5.73 Å². The minimum absolute atomic E-state index is 0.183. The first-order chi connectivity index (χ1) is 7.24. The summed E-state index contributed by atoms with van der Waals surface area (Å²) in [5.74, 6) is 4.33. The summed E-state index contributed by atoms with van der Waals surface area (Å²) in [6.07, 6.45) is 3.07. The molecule has 0 spiro atoms. The molecule has 1 fully saturated rings. The monoisotopic (exact) mass is 226 g/mol. The van der Waals surface area contributed by atoms with Gasteiger partial charge in [0.2, 0.25) is 0 Å². The van der Waals surface area contributed by atoms with Crippen molar-refractivity contribution < 1.29 is 0 Å². The molecule has 3 N–H and O–H groups in total. The van der Waals surface area contributed by atoms with E-state index in [1.54, 1.807) is 0 Å². The molecular formula is C10H18N4S. The van der Waals surface area contributed by atoms with Gasteiger partial charge in [0, 0.05) is 17.6 Å². The van der Waals surface area contributed by atoms with Crippen molar-refractivity contribution >= 4 is 11.8 Å². The van der Waals surface area contributed by atoms with Crippen LogP contribution in [-0.4, -0.2) is 33.2 Å². The Labute approximate surface area is 94.4 Å². The third kappa shape index (κ3) is 2.34. The predicted molar refractivity (Wildman–Crippen MR) is 63.1 cm³/mol. The van der Waals surface area contributed by atoms with E-state index in [1.165, 1.54) is 12.2 Å². The quantitative estimate of drug-likeness (QED) is 0.806. The Balaban J connectivity index is 2.05. The SMILES string of the molecule is CC1(c2n[nH]c(CCCN)n2)CCSC1. The number of H-pyrrole nitrogens is 1. The van der Waals surface area contributed by atoms with Crippen molar-refractivity contribution in [1.29, 1.82) is 0 Å². The molecule has 0 saturated carbocycles. The van der Waals surface area contributed by atoms with Gasteiger partial charge in [-0.3, -0.25) is 5.10 Å². The lowest BCUT2D eigenvalue weighted by atomic mass is 9.89. The van der Waals surface area contributed by atoms with Crippen LogP contribution in [0.2, 0.25) is 0 Å². The molecule has 0 amide bonds. The Hall–Kier alpha value is -0.550. The van der Waals surface area contributed by atoms with Crippen molar-refractivity contribution in [2.45, 2.75) is 31.6 Å². The standard InChI is InChI=1S/C10H18N4S/c1-10(4-6-15-7-10)9-12-8(13-14-9)3-2-5-11/h2-7,11H2,1H3,(H,12,13,14). The van der Waals surface area contributed by atoms with Crippen molar-refractivity contribution in [3.8, 4) is 0 Å². The van der Waals surface area contributed by atoms with E-state index in [9.17, 15) is 0 Å². The molecule has 0 aromatic carbocycles. The van der Waals surface area contributed by atoms with Crippen LogP contribution in [0.15, 0.2) is 0 Å². The fraction of sp³-hybridized carbons (Fsp3) is 0.800. The second kappa shape index (κ2) is 4.53. The molecule has 1 aromatic rings. The number of aromatic nitrogens is 3. The molecule has 2 rings (SSSR count). The van der Waals surface area contributed by atoms with Crippen molar-refractivity contribution in [3.63, 3.8) is 0 Å². The molecule has 0 bridgehead atoms. The zero-order valence-electron chi connectivity index (χ0n) is 9.12. The van der Waals surface area contributed by atoms with Crippen molar-refractivity contribution in [3.05, 3.63) is 11.6 Å². The zero-order valence-corrected chi connectivity index (χ0v) is 9.94. The number of nitrogens with two attached hydrogens (primary N) is 1. The number of aryl methyl sites for hydroxylation is 1. The van der Waals surface area contributed by atoms with E-state index in [2.05, 4.69) is 22.1 Å². The summed E-state index contributed by atoms with van der Waals surface area (Å²) in [5.41, 5.74) is 5.65. The number of rotatable bonds is 4. The van der Waals surface area contributed by atoms with Gasteiger partial charge in [0.05, 0.1) is 0 Å². The Morgan fingerprint density at radius 2 is 2.47 bits per heavy atom. The smallest absolute Gasteiger partial charge is 0.157 e. The number of aromatic amines is 1. The minimum Gasteiger partial charge on any atom is -0.330 e. The Morgan fingerprint density at radius 3 is 3.13 bits per heavy atom. The predicted octanol–water partition coefficient (Wildman–Crippen LogP) is 1.09. The molecule has 15 heavy (non-hydrogen) atoms. The fourth-order valence-electron chi connectivity index (χ4n) is 1.79. The molecule has 1 aliphatic rings. The second-order valence-corrected chi connectivity index (χ2v) is 5.47. The molecule has 1 aromatic heterocycles. The van der Waals surface area contributed by atoms with Crippen LogP contribution in [0.4, 0.5) is 0 Å². The fourth-order valence-corrected chi connectivity index (χ4v) is 3.25. The molecule has 4 nitrogen and oxygen atoms in total. The van der Waals surface area contributed by atoms with Crippen LogP contribution in [0.3, 0.4) is 0 Å². The molecule has 1 saturated heterocycles. The third-order valence-corrected chi connectivity index (χ3v) is 4.24. The van der Waals surface area contributed by atoms with Gasteiger partial charge in [0.25, 0.3) is 0 Å². The lowest BCUT2D eigenvalue weighted by molar-refractivity contribution is 0.505. The van der Waals surface area contributed by atoms with Crippen molar-refractivity contribution in [2.75, 3.05) is 18.1 Å². The summed E-state index contributed by atoms with van der Waals surface area (Å²) in [6.45, 7) is 2.96. The number of nitrogens with one attached hydrogen (secondary N) is 1. The normalized spacial score (nSPS) is 26.0. The number of thioether (sulfide) groups is 1. The van der Waals surface area contributed by atoms with Gasteiger partial charge in [0.15, 0.2) is 5.82 Å². The van der Waals surface area contributed by atoms with Crippen LogP contribution in [0.1, 0.15) is 31.4 Å². The summed E-state index contributed by atoms with van der Waals surface area (Å²) in [7, 11) is 0. The average molecular weight is 226 g/mol. The third-order valence-electron chi connectivity index (χ3n) is 2.91. The Bertz CT molecular complexity index is 317. The largest absolute Gasteiger partial charge is 0.330 e. The number of hydrogen-bond donors (Lipinski definition) is 2. The van der Waals surface area contributed by atoms with Gasteiger partial charge >= 0.3 is 0 Å². The van der Waals surface area contributed by atoms with Crippen LogP contribution < -0.4 is 5.73 Å². The molecule has 0 aliphatic carbocycles. The number of hydrogen-bond acceptors (Lipinski definition) is 4. The molecule has 1 atom stereocenters. The summed E-state index contributed by atoms with van der Waals surface area (Å²) in [6, 6.07) is 0. The first-order valence-electron chi connectivity index (χ1n) is 5.44. The second-order valence-electron chi connectivity index (χ2n) is 4.36. The van der Waals surface area contributed by atoms with Crippen LogP contribution >= 0.6 is 11.8 Å². The van der Waals surface area contributed by atoms with E-state index in [0.717, 1.165) is 30.2 Å². The Kier molecular flexibility index (Phi) is 3.31. The number of nitrogens with zero attached hydrogens (tertiary/aromatic N) is 2. The van der Waals surface area contributed by atoms with E-state index in [1.807, 2.05) is 11.8 Å². The highest BCUT2D eigenvalue weighted by Crippen LogP contribution is 2.36. The van der Waals surface area contributed by atoms with Crippen LogP contribution in [-0.2, 0) is 11.8 Å². The molecule has 2 heterocycles. The van der Waals surface area contributed by atoms with E-state index >= 15 is 0 Å². The Morgan fingerprint density at radius 1 is 1.60 bits per heavy atom. The summed E-state index contributed by atoms with van der Waals surface area (Å²) >= 11 is 1.99. The van der Waals surface area contributed by atoms with Gasteiger partial charge in [-0.15, -0.1) is 0 Å². The van der Waals surface area contributed by atoms with Gasteiger partial charge in [-0.25, -0.2) is 4.98 Å². The molecule has 1 unspecified atom stereocenters. The van der Waals surface area contributed by atoms with E-state index in [0.29, 0.717) is 6.54 Å². The van der Waals surface area contributed by atoms with Gasteiger partial charge in [-0.2, -0.15) is 16.9 Å². The first kappa shape index (κ1) is 11.0. The maximum Gasteiger partial charge on any atom is 0.157 e. The molecule has 84 valence electrons. The molecule has 5 heteroatoms. The van der Waals surface area contributed by atoms with Gasteiger partial charge in [0.1, 0.15) is 5.82 Å². The highest BCUT2D eigenvalue weighted by molar-refractivity contribution is 7.99. The van der Waals surface area contributed by atoms with Gasteiger partial charge in [-0.1, -0.05) is 6.92 Å². The minimum atomic E-state index is 0.183. The van der Waals surface area contributed by atoms with Crippen LogP contribution in [0.25, 0.3) is 0 Å². The average Bonchev–Trinajstić information content (AvgIpc) is 2.84. The van der Waals surface area contributed by atoms with E-state index < -0.39 is 0 Å². The lowest BCUT2D eigenvalue weighted by Gasteiger charge is -2.17. The van der Waals surface area contributed by atoms with Crippen LogP contribution in [0, 0.1) is 0 Å². The summed E-state index contributed by atoms with van der Waals surface area (Å²) in [5, 5.41) is 7.35. The van der Waals surface area contributed by atoms with Crippen molar-refractivity contribution in [2.24, 2.45) is 5.73 Å².